The molecule has 1 atom stereocenters. The lowest BCUT2D eigenvalue weighted by molar-refractivity contribution is -0.262. The molecule has 1 fully saturated rings. The molecule has 202 valence electrons. The van der Waals surface area contributed by atoms with Crippen molar-refractivity contribution in [3.8, 4) is 0 Å². The molecule has 1 aliphatic heterocycles. The fourth-order valence-corrected chi connectivity index (χ4v) is 4.54. The molecule has 0 aromatic heterocycles. The van der Waals surface area contributed by atoms with Crippen molar-refractivity contribution < 1.29 is 28.8 Å². The van der Waals surface area contributed by atoms with Crippen molar-refractivity contribution in [2.24, 2.45) is 0 Å². The van der Waals surface area contributed by atoms with Crippen molar-refractivity contribution in [2.45, 2.75) is 116 Å². The molecule has 1 aromatic carbocycles. The van der Waals surface area contributed by atoms with Gasteiger partial charge < -0.3 is 19.6 Å². The van der Waals surface area contributed by atoms with Gasteiger partial charge in [-0.15, -0.1) is 0 Å². The minimum atomic E-state index is -1.16. The Bertz CT molecular complexity index is 858. The Morgan fingerprint density at radius 1 is 1.03 bits per heavy atom. The minimum Gasteiger partial charge on any atom is -0.458 e. The van der Waals surface area contributed by atoms with Crippen LogP contribution in [0.25, 0.3) is 0 Å². The Balaban J connectivity index is 2.11. The van der Waals surface area contributed by atoms with Gasteiger partial charge in [-0.05, 0) is 70.2 Å². The molecule has 1 N–H and O–H groups in total. The standard InChI is InChI=1S/C27H43BINO6/c1-24(2,3)34-22(31)27(17-13-19-29,30-23(32)33-20-21-14-9-8-10-15-21)16-11-12-18-28-25(4,5)26(6,7)35-36-28/h8-10,14-15H,11-13,16-20H2,1-7H3,(H,30,32). The van der Waals surface area contributed by atoms with Crippen molar-refractivity contribution in [2.75, 3.05) is 4.43 Å². The highest BCUT2D eigenvalue weighted by atomic mass is 127. The third-order valence-corrected chi connectivity index (χ3v) is 7.89. The number of hydrogen-bond donors (Lipinski definition) is 1. The van der Waals surface area contributed by atoms with Crippen LogP contribution in [0.4, 0.5) is 4.79 Å². The van der Waals surface area contributed by atoms with E-state index < -0.39 is 23.2 Å². The molecule has 2 rings (SSSR count). The third-order valence-electron chi connectivity index (χ3n) is 7.13. The molecule has 1 aromatic rings. The molecule has 0 bridgehead atoms. The molecule has 1 amide bonds. The van der Waals surface area contributed by atoms with Crippen molar-refractivity contribution >= 4 is 41.6 Å². The molecular weight excluding hydrogens is 572 g/mol. The number of esters is 1. The van der Waals surface area contributed by atoms with Crippen molar-refractivity contribution in [1.29, 1.82) is 0 Å². The van der Waals surface area contributed by atoms with Crippen LogP contribution in [0.5, 0.6) is 0 Å². The van der Waals surface area contributed by atoms with E-state index >= 15 is 0 Å². The maximum atomic E-state index is 13.5. The highest BCUT2D eigenvalue weighted by molar-refractivity contribution is 14.1. The number of unbranched alkanes of at least 4 members (excludes halogenated alkanes) is 1. The normalized spacial score (nSPS) is 18.4. The van der Waals surface area contributed by atoms with E-state index in [-0.39, 0.29) is 24.4 Å². The SMILES string of the molecule is CC(C)(C)OC(=O)C(CCCI)(CCCCB1OOC(C)(C)C1(C)C)NC(=O)OCc1ccccc1. The number of nitrogens with one attached hydrogen (secondary N) is 1. The second-order valence-corrected chi connectivity index (χ2v) is 12.8. The van der Waals surface area contributed by atoms with Crippen molar-refractivity contribution in [3.63, 3.8) is 0 Å². The summed E-state index contributed by atoms with van der Waals surface area (Å²) in [6.45, 7) is 14.0. The first-order chi connectivity index (χ1) is 16.7. The van der Waals surface area contributed by atoms with Gasteiger partial charge in [0.2, 0.25) is 0 Å². The van der Waals surface area contributed by atoms with Crippen LogP contribution in [-0.2, 0) is 30.6 Å². The topological polar surface area (TPSA) is 83.1 Å². The lowest BCUT2D eigenvalue weighted by atomic mass is 9.41. The summed E-state index contributed by atoms with van der Waals surface area (Å²) >= 11 is 2.29. The summed E-state index contributed by atoms with van der Waals surface area (Å²) in [4.78, 5) is 37.6. The van der Waals surface area contributed by atoms with E-state index in [9.17, 15) is 9.59 Å². The first kappa shape index (κ1) is 30.9. The van der Waals surface area contributed by atoms with Crippen LogP contribution in [0, 0.1) is 0 Å². The molecular formula is C27H43BINO6. The number of rotatable bonds is 12. The van der Waals surface area contributed by atoms with E-state index in [1.165, 1.54) is 0 Å². The van der Waals surface area contributed by atoms with Crippen LogP contribution in [0.15, 0.2) is 30.3 Å². The van der Waals surface area contributed by atoms with Crippen LogP contribution >= 0.6 is 22.6 Å². The fraction of sp³-hybridized carbons (Fsp3) is 0.704. The largest absolute Gasteiger partial charge is 0.458 e. The number of carbonyl (C=O) groups excluding carboxylic acids is 2. The van der Waals surface area contributed by atoms with E-state index in [4.69, 9.17) is 19.2 Å². The van der Waals surface area contributed by atoms with Crippen molar-refractivity contribution in [1.82, 2.24) is 5.32 Å². The second kappa shape index (κ2) is 13.0. The zero-order valence-electron chi connectivity index (χ0n) is 22.9. The quantitative estimate of drug-likeness (QED) is 0.0689. The summed E-state index contributed by atoms with van der Waals surface area (Å²) in [5.74, 6) is -0.418. The number of amides is 1. The molecule has 1 unspecified atom stereocenters. The van der Waals surface area contributed by atoms with Gasteiger partial charge in [0.15, 0.2) is 0 Å². The molecule has 36 heavy (non-hydrogen) atoms. The fourth-order valence-electron chi connectivity index (χ4n) is 4.16. The molecule has 1 saturated heterocycles. The zero-order valence-corrected chi connectivity index (χ0v) is 25.1. The van der Waals surface area contributed by atoms with Gasteiger partial charge in [-0.25, -0.2) is 14.5 Å². The number of hydrogen-bond acceptors (Lipinski definition) is 6. The summed E-state index contributed by atoms with van der Waals surface area (Å²) in [5, 5.41) is 2.78. The highest BCUT2D eigenvalue weighted by Gasteiger charge is 2.55. The average molecular weight is 615 g/mol. The molecule has 0 radical (unpaired) electrons. The Hall–Kier alpha value is -1.33. The minimum absolute atomic E-state index is 0.0402. The van der Waals surface area contributed by atoms with E-state index in [0.717, 1.165) is 35.6 Å². The lowest BCUT2D eigenvalue weighted by Gasteiger charge is -2.35. The highest BCUT2D eigenvalue weighted by Crippen LogP contribution is 2.50. The molecule has 9 heteroatoms. The van der Waals surface area contributed by atoms with Gasteiger partial charge in [0.05, 0.1) is 5.60 Å². The Morgan fingerprint density at radius 3 is 2.22 bits per heavy atom. The molecule has 1 aliphatic rings. The summed E-state index contributed by atoms with van der Waals surface area (Å²) < 4.78 is 12.1. The molecule has 0 spiro atoms. The van der Waals surface area contributed by atoms with Crippen LogP contribution in [0.1, 0.15) is 86.1 Å². The van der Waals surface area contributed by atoms with Crippen LogP contribution < -0.4 is 5.32 Å². The molecule has 1 heterocycles. The van der Waals surface area contributed by atoms with Crippen LogP contribution in [0.3, 0.4) is 0 Å². The number of alkyl carbamates (subject to hydrolysis) is 1. The number of halogens is 1. The van der Waals surface area contributed by atoms with Gasteiger partial charge in [-0.3, -0.25) is 0 Å². The smallest absolute Gasteiger partial charge is 0.408 e. The van der Waals surface area contributed by atoms with Gasteiger partial charge in [-0.1, -0.05) is 79.6 Å². The maximum absolute atomic E-state index is 13.5. The Labute approximate surface area is 230 Å². The number of alkyl halides is 1. The van der Waals surface area contributed by atoms with Gasteiger partial charge in [0.25, 0.3) is 0 Å². The summed E-state index contributed by atoms with van der Waals surface area (Å²) in [5.41, 5.74) is -1.32. The van der Waals surface area contributed by atoms with Crippen LogP contribution in [-0.4, -0.2) is 40.1 Å². The number of benzene rings is 1. The Morgan fingerprint density at radius 2 is 1.67 bits per heavy atom. The van der Waals surface area contributed by atoms with Gasteiger partial charge in [0.1, 0.15) is 17.7 Å². The average Bonchev–Trinajstić information content (AvgIpc) is 2.99. The monoisotopic (exact) mass is 615 g/mol. The number of ether oxygens (including phenoxy) is 2. The summed E-state index contributed by atoms with van der Waals surface area (Å²) in [6.07, 6.45) is 3.42. The Kier molecular flexibility index (Phi) is 11.1. The lowest BCUT2D eigenvalue weighted by Crippen LogP contribution is -2.56. The van der Waals surface area contributed by atoms with Crippen LogP contribution in [0.2, 0.25) is 11.6 Å². The second-order valence-electron chi connectivity index (χ2n) is 11.7. The summed E-state index contributed by atoms with van der Waals surface area (Å²) in [7, 11) is 0. The first-order valence-corrected chi connectivity index (χ1v) is 14.4. The molecule has 0 saturated carbocycles. The maximum Gasteiger partial charge on any atom is 0.408 e. The van der Waals surface area contributed by atoms with E-state index in [1.807, 2.05) is 65.0 Å². The predicted molar refractivity (Wildman–Crippen MR) is 151 cm³/mol. The number of carbonyl (C=O) groups is 2. The van der Waals surface area contributed by atoms with Gasteiger partial charge in [0, 0.05) is 5.31 Å². The molecule has 0 aliphatic carbocycles. The summed E-state index contributed by atoms with van der Waals surface area (Å²) in [6, 6.07) is 9.48. The zero-order chi connectivity index (χ0) is 27.0. The van der Waals surface area contributed by atoms with Gasteiger partial charge in [-0.2, -0.15) is 0 Å². The first-order valence-electron chi connectivity index (χ1n) is 12.9. The molecule has 7 nitrogen and oxygen atoms in total. The van der Waals surface area contributed by atoms with E-state index in [1.54, 1.807) is 0 Å². The van der Waals surface area contributed by atoms with E-state index in [0.29, 0.717) is 12.8 Å². The van der Waals surface area contributed by atoms with E-state index in [2.05, 4.69) is 41.8 Å². The van der Waals surface area contributed by atoms with Crippen molar-refractivity contribution in [3.05, 3.63) is 35.9 Å². The third kappa shape index (κ3) is 8.62. The van der Waals surface area contributed by atoms with Gasteiger partial charge >= 0.3 is 19.0 Å². The predicted octanol–water partition coefficient (Wildman–Crippen LogP) is 6.89.